The van der Waals surface area contributed by atoms with Crippen molar-refractivity contribution in [2.45, 2.75) is 39.0 Å². The zero-order chi connectivity index (χ0) is 26.3. The number of nitrogens with zero attached hydrogens (tertiary/aromatic N) is 3. The Kier molecular flexibility index (Phi) is 12.0. The average Bonchev–Trinajstić information content (AvgIpc) is 2.84. The molecular weight excluding hydrogens is 488 g/mol. The fourth-order valence-electron chi connectivity index (χ4n) is 2.90. The quantitative estimate of drug-likeness (QED) is 0.149. The van der Waals surface area contributed by atoms with Gasteiger partial charge in [0.15, 0.2) is 28.4 Å². The first-order chi connectivity index (χ1) is 17.3. The first kappa shape index (κ1) is 28.4. The molecule has 0 aliphatic rings. The summed E-state index contributed by atoms with van der Waals surface area (Å²) in [6.07, 6.45) is 3.89. The molecule has 0 unspecified atom stereocenters. The minimum Gasteiger partial charge on any atom is -0.492 e. The molecule has 2 rings (SSSR count). The maximum absolute atomic E-state index is 12.2. The Balaban J connectivity index is 1.63. The first-order valence-electron chi connectivity index (χ1n) is 11.6. The summed E-state index contributed by atoms with van der Waals surface area (Å²) in [6.45, 7) is 3.61. The number of nitrogens with one attached hydrogen (secondary N) is 2. The number of guanidine groups is 1. The van der Waals surface area contributed by atoms with Gasteiger partial charge in [-0.15, -0.1) is 0 Å². The van der Waals surface area contributed by atoms with Crippen LogP contribution in [0.5, 0.6) is 5.75 Å². The van der Waals surface area contributed by atoms with Gasteiger partial charge in [0.2, 0.25) is 0 Å². The largest absolute Gasteiger partial charge is 0.492 e. The average molecular weight is 521 g/mol. The van der Waals surface area contributed by atoms with Crippen molar-refractivity contribution in [2.75, 3.05) is 37.8 Å². The predicted molar refractivity (Wildman–Crippen MR) is 139 cm³/mol. The number of carbonyl (C=O) groups is 2. The highest BCUT2D eigenvalue weighted by atomic mass is 35.5. The topological polar surface area (TPSA) is 193 Å². The molecule has 196 valence electrons. The number of anilines is 2. The number of aromatic nitrogens is 2. The molecule has 13 heteroatoms. The van der Waals surface area contributed by atoms with Crippen LogP contribution >= 0.6 is 11.6 Å². The Morgan fingerprint density at radius 3 is 2.53 bits per heavy atom. The summed E-state index contributed by atoms with van der Waals surface area (Å²) < 4.78 is 10.6. The smallest absolute Gasteiger partial charge is 0.407 e. The third-order valence-corrected chi connectivity index (χ3v) is 5.09. The van der Waals surface area contributed by atoms with Gasteiger partial charge in [-0.05, 0) is 43.4 Å². The van der Waals surface area contributed by atoms with Gasteiger partial charge in [0, 0.05) is 6.54 Å². The zero-order valence-corrected chi connectivity index (χ0v) is 21.0. The highest BCUT2D eigenvalue weighted by Crippen LogP contribution is 2.17. The molecule has 36 heavy (non-hydrogen) atoms. The highest BCUT2D eigenvalue weighted by molar-refractivity contribution is 6.31. The third kappa shape index (κ3) is 10.2. The summed E-state index contributed by atoms with van der Waals surface area (Å²) in [5.74, 6) is -0.227. The van der Waals surface area contributed by atoms with Crippen LogP contribution in [0.25, 0.3) is 0 Å². The van der Waals surface area contributed by atoms with Crippen LogP contribution < -0.4 is 32.6 Å². The predicted octanol–water partition coefficient (Wildman–Crippen LogP) is 2.27. The van der Waals surface area contributed by atoms with Crippen LogP contribution in [0.2, 0.25) is 5.15 Å². The lowest BCUT2D eigenvalue weighted by molar-refractivity contribution is 0.0972. The number of aryl methyl sites for hydroxylation is 1. The second-order valence-electron chi connectivity index (χ2n) is 7.72. The van der Waals surface area contributed by atoms with E-state index in [4.69, 9.17) is 38.3 Å². The number of halogens is 1. The number of unbranched alkanes of at least 4 members (excludes halogenated alkanes) is 2. The van der Waals surface area contributed by atoms with Crippen molar-refractivity contribution in [2.24, 2.45) is 10.7 Å². The van der Waals surface area contributed by atoms with Gasteiger partial charge in [0.1, 0.15) is 12.4 Å². The number of hydrogen-bond donors (Lipinski definition) is 5. The first-order valence-corrected chi connectivity index (χ1v) is 12.0. The lowest BCUT2D eigenvalue weighted by Crippen LogP contribution is -2.38. The lowest BCUT2D eigenvalue weighted by atomic mass is 10.1. The maximum Gasteiger partial charge on any atom is 0.407 e. The number of rotatable bonds is 13. The number of carbonyl (C=O) groups excluding carboxylic acids is 2. The minimum absolute atomic E-state index is 0.0561. The van der Waals surface area contributed by atoms with E-state index in [1.165, 1.54) is 0 Å². The molecule has 0 bridgehead atoms. The van der Waals surface area contributed by atoms with E-state index in [0.717, 1.165) is 43.4 Å². The molecule has 0 saturated carbocycles. The molecular formula is C23H33ClN8O4. The van der Waals surface area contributed by atoms with E-state index >= 15 is 0 Å². The summed E-state index contributed by atoms with van der Waals surface area (Å²) in [5, 5.41) is 4.92. The number of amides is 2. The molecule has 0 fully saturated rings. The van der Waals surface area contributed by atoms with Crippen LogP contribution in [0.15, 0.2) is 29.3 Å². The van der Waals surface area contributed by atoms with Crippen LogP contribution in [-0.2, 0) is 11.2 Å². The molecule has 1 aromatic heterocycles. The van der Waals surface area contributed by atoms with Crippen molar-refractivity contribution >= 4 is 41.2 Å². The SMILES string of the molecule is CCCCOC(=O)NCCOc1ccc(CCCCN=C(N)NC(=O)c2nc(Cl)c(N)nc2N)cc1. The Labute approximate surface area is 215 Å². The van der Waals surface area contributed by atoms with Crippen molar-refractivity contribution in [3.63, 3.8) is 0 Å². The van der Waals surface area contributed by atoms with Gasteiger partial charge < -0.3 is 32.0 Å². The molecule has 1 aromatic carbocycles. The van der Waals surface area contributed by atoms with Crippen molar-refractivity contribution in [1.82, 2.24) is 20.6 Å². The van der Waals surface area contributed by atoms with E-state index in [1.54, 1.807) is 0 Å². The summed E-state index contributed by atoms with van der Waals surface area (Å²) >= 11 is 5.78. The number of alkyl carbamates (subject to hydrolysis) is 1. The van der Waals surface area contributed by atoms with Crippen molar-refractivity contribution < 1.29 is 19.1 Å². The molecule has 2 amide bonds. The second-order valence-corrected chi connectivity index (χ2v) is 8.08. The monoisotopic (exact) mass is 520 g/mol. The van der Waals surface area contributed by atoms with Crippen LogP contribution in [0.4, 0.5) is 16.4 Å². The Morgan fingerprint density at radius 2 is 1.81 bits per heavy atom. The molecule has 2 aromatic rings. The van der Waals surface area contributed by atoms with Gasteiger partial charge in [-0.25, -0.2) is 14.8 Å². The fraction of sp³-hybridized carbons (Fsp3) is 0.435. The summed E-state index contributed by atoms with van der Waals surface area (Å²) in [4.78, 5) is 35.4. The fourth-order valence-corrected chi connectivity index (χ4v) is 3.03. The molecule has 1 heterocycles. The van der Waals surface area contributed by atoms with E-state index in [-0.39, 0.29) is 28.4 Å². The van der Waals surface area contributed by atoms with E-state index in [2.05, 4.69) is 25.6 Å². The van der Waals surface area contributed by atoms with Gasteiger partial charge in [-0.2, -0.15) is 0 Å². The van der Waals surface area contributed by atoms with E-state index in [1.807, 2.05) is 31.2 Å². The zero-order valence-electron chi connectivity index (χ0n) is 20.3. The third-order valence-electron chi connectivity index (χ3n) is 4.81. The summed E-state index contributed by atoms with van der Waals surface area (Å²) in [7, 11) is 0. The van der Waals surface area contributed by atoms with E-state index in [0.29, 0.717) is 26.3 Å². The highest BCUT2D eigenvalue weighted by Gasteiger charge is 2.16. The van der Waals surface area contributed by atoms with Gasteiger partial charge in [0.25, 0.3) is 5.91 Å². The molecule has 0 spiro atoms. The molecule has 0 aliphatic carbocycles. The summed E-state index contributed by atoms with van der Waals surface area (Å²) in [6, 6.07) is 7.75. The number of hydrogen-bond acceptors (Lipinski definition) is 9. The molecule has 8 N–H and O–H groups in total. The molecule has 0 saturated heterocycles. The van der Waals surface area contributed by atoms with Gasteiger partial charge >= 0.3 is 6.09 Å². The van der Waals surface area contributed by atoms with Crippen LogP contribution in [0.1, 0.15) is 48.7 Å². The molecule has 0 atom stereocenters. The van der Waals surface area contributed by atoms with E-state index in [9.17, 15) is 9.59 Å². The van der Waals surface area contributed by atoms with Gasteiger partial charge in [0.05, 0.1) is 13.2 Å². The van der Waals surface area contributed by atoms with Crippen molar-refractivity contribution in [3.8, 4) is 5.75 Å². The number of ether oxygens (including phenoxy) is 2. The maximum atomic E-state index is 12.2. The number of benzene rings is 1. The van der Waals surface area contributed by atoms with Crippen molar-refractivity contribution in [1.29, 1.82) is 0 Å². The molecule has 0 aliphatic heterocycles. The number of nitrogen functional groups attached to an aromatic ring is 2. The van der Waals surface area contributed by atoms with Gasteiger partial charge in [-0.3, -0.25) is 15.1 Å². The Hall–Kier alpha value is -3.80. The van der Waals surface area contributed by atoms with Crippen LogP contribution in [-0.4, -0.2) is 54.2 Å². The summed E-state index contributed by atoms with van der Waals surface area (Å²) in [5.41, 5.74) is 17.9. The van der Waals surface area contributed by atoms with Crippen LogP contribution in [0.3, 0.4) is 0 Å². The Bertz CT molecular complexity index is 1030. The van der Waals surface area contributed by atoms with E-state index < -0.39 is 12.0 Å². The second kappa shape index (κ2) is 15.2. The minimum atomic E-state index is -0.673. The molecule has 0 radical (unpaired) electrons. The Morgan fingerprint density at radius 1 is 1.06 bits per heavy atom. The van der Waals surface area contributed by atoms with Crippen molar-refractivity contribution in [3.05, 3.63) is 40.7 Å². The standard InChI is InChI=1S/C23H33ClN8O4/c1-2-3-13-36-23(34)29-12-14-35-16-9-7-15(8-10-16)6-4-5-11-28-22(27)32-21(33)17-19(25)31-20(26)18(24)30-17/h7-10H,2-6,11-14H2,1H3,(H,29,34)(H4,25,26,31)(H3,27,28,32,33). The normalized spacial score (nSPS) is 11.1. The van der Waals surface area contributed by atoms with Crippen LogP contribution in [0, 0.1) is 0 Å². The number of nitrogens with two attached hydrogens (primary N) is 3. The lowest BCUT2D eigenvalue weighted by Gasteiger charge is -2.09. The molecule has 12 nitrogen and oxygen atoms in total. The number of aliphatic imine (C=N–C) groups is 1. The van der Waals surface area contributed by atoms with Gasteiger partial charge in [-0.1, -0.05) is 37.1 Å².